The fraction of sp³-hybridized carbons (Fsp3) is 0.333. The molecule has 0 saturated carbocycles. The molecular formula is C15H20N2O2S2. The summed E-state index contributed by atoms with van der Waals surface area (Å²) in [5.41, 5.74) is 2.31. The maximum atomic E-state index is 12.1. The van der Waals surface area contributed by atoms with E-state index in [-0.39, 0.29) is 0 Å². The highest BCUT2D eigenvalue weighted by Gasteiger charge is 2.12. The van der Waals surface area contributed by atoms with Crippen LogP contribution < -0.4 is 10.0 Å². The first kappa shape index (κ1) is 16.2. The van der Waals surface area contributed by atoms with E-state index in [1.54, 1.807) is 35.6 Å². The van der Waals surface area contributed by atoms with Crippen LogP contribution in [0.25, 0.3) is 0 Å². The van der Waals surface area contributed by atoms with Gasteiger partial charge in [-0.15, -0.1) is 11.3 Å². The molecule has 2 aromatic rings. The predicted molar refractivity (Wildman–Crippen MR) is 87.1 cm³/mol. The average Bonchev–Trinajstić information content (AvgIpc) is 2.84. The average molecular weight is 324 g/mol. The Balaban J connectivity index is 1.77. The van der Waals surface area contributed by atoms with E-state index in [1.165, 1.54) is 10.4 Å². The molecule has 0 amide bonds. The second-order valence-corrected chi connectivity index (χ2v) is 7.68. The third kappa shape index (κ3) is 4.64. The van der Waals surface area contributed by atoms with Crippen molar-refractivity contribution in [2.24, 2.45) is 0 Å². The Kier molecular flexibility index (Phi) is 5.52. The van der Waals surface area contributed by atoms with Crippen molar-refractivity contribution in [3.8, 4) is 0 Å². The van der Waals surface area contributed by atoms with Crippen LogP contribution in [0.1, 0.15) is 16.0 Å². The number of benzene rings is 1. The number of nitrogens with one attached hydrogen (secondary N) is 2. The van der Waals surface area contributed by atoms with Crippen LogP contribution in [0.5, 0.6) is 0 Å². The minimum atomic E-state index is -3.41. The number of hydrogen-bond donors (Lipinski definition) is 2. The molecule has 4 nitrogen and oxygen atoms in total. The fourth-order valence-corrected chi connectivity index (χ4v) is 3.77. The Morgan fingerprint density at radius 1 is 1.05 bits per heavy atom. The van der Waals surface area contributed by atoms with Crippen molar-refractivity contribution in [1.82, 2.24) is 10.0 Å². The van der Waals surface area contributed by atoms with E-state index in [0.29, 0.717) is 18.0 Å². The van der Waals surface area contributed by atoms with Gasteiger partial charge in [-0.25, -0.2) is 13.1 Å². The first-order valence-electron chi connectivity index (χ1n) is 6.79. The minimum Gasteiger partial charge on any atom is -0.311 e. The molecule has 0 fully saturated rings. The maximum Gasteiger partial charge on any atom is 0.240 e. The SMILES string of the molecule is Cc1ccc(S(=O)(=O)NCCNCc2sccc2C)cc1. The highest BCUT2D eigenvalue weighted by molar-refractivity contribution is 7.89. The molecule has 0 radical (unpaired) electrons. The normalized spacial score (nSPS) is 11.7. The van der Waals surface area contributed by atoms with Gasteiger partial charge in [0.25, 0.3) is 0 Å². The molecule has 6 heteroatoms. The summed E-state index contributed by atoms with van der Waals surface area (Å²) in [6.45, 7) is 5.76. The van der Waals surface area contributed by atoms with Gasteiger partial charge < -0.3 is 5.32 Å². The second-order valence-electron chi connectivity index (χ2n) is 4.91. The smallest absolute Gasteiger partial charge is 0.240 e. The Bertz CT molecular complexity index is 676. The molecule has 0 unspecified atom stereocenters. The lowest BCUT2D eigenvalue weighted by Crippen LogP contribution is -2.31. The van der Waals surface area contributed by atoms with Crippen LogP contribution in [0.4, 0.5) is 0 Å². The van der Waals surface area contributed by atoms with E-state index in [2.05, 4.69) is 28.4 Å². The van der Waals surface area contributed by atoms with Crippen molar-refractivity contribution in [2.75, 3.05) is 13.1 Å². The molecule has 2 N–H and O–H groups in total. The van der Waals surface area contributed by atoms with Gasteiger partial charge in [0.15, 0.2) is 0 Å². The fourth-order valence-electron chi connectivity index (χ4n) is 1.86. The highest BCUT2D eigenvalue weighted by atomic mass is 32.2. The highest BCUT2D eigenvalue weighted by Crippen LogP contribution is 2.14. The first-order valence-corrected chi connectivity index (χ1v) is 9.15. The summed E-state index contributed by atoms with van der Waals surface area (Å²) >= 11 is 1.71. The van der Waals surface area contributed by atoms with Crippen LogP contribution >= 0.6 is 11.3 Å². The van der Waals surface area contributed by atoms with Crippen molar-refractivity contribution >= 4 is 21.4 Å². The molecule has 1 aromatic heterocycles. The maximum absolute atomic E-state index is 12.1. The van der Waals surface area contributed by atoms with Crippen LogP contribution in [0.3, 0.4) is 0 Å². The number of rotatable bonds is 7. The lowest BCUT2D eigenvalue weighted by atomic mass is 10.2. The predicted octanol–water partition coefficient (Wildman–Crippen LogP) is 2.43. The van der Waals surface area contributed by atoms with Gasteiger partial charge >= 0.3 is 0 Å². The van der Waals surface area contributed by atoms with Gasteiger partial charge in [-0.05, 0) is 43.0 Å². The molecule has 0 saturated heterocycles. The first-order chi connectivity index (χ1) is 9.99. The summed E-state index contributed by atoms with van der Waals surface area (Å²) in [5.74, 6) is 0. The lowest BCUT2D eigenvalue weighted by Gasteiger charge is -2.08. The zero-order chi connectivity index (χ0) is 15.3. The minimum absolute atomic E-state index is 0.308. The largest absolute Gasteiger partial charge is 0.311 e. The van der Waals surface area contributed by atoms with E-state index in [1.807, 2.05) is 6.92 Å². The molecule has 0 bridgehead atoms. The molecule has 0 spiro atoms. The van der Waals surface area contributed by atoms with Crippen molar-refractivity contribution in [2.45, 2.75) is 25.3 Å². The summed E-state index contributed by atoms with van der Waals surface area (Å²) in [6, 6.07) is 8.93. The van der Waals surface area contributed by atoms with Gasteiger partial charge in [0.05, 0.1) is 4.90 Å². The van der Waals surface area contributed by atoms with Crippen molar-refractivity contribution in [3.63, 3.8) is 0 Å². The van der Waals surface area contributed by atoms with Gasteiger partial charge in [0.2, 0.25) is 10.0 Å². The molecule has 0 aliphatic heterocycles. The number of aryl methyl sites for hydroxylation is 2. The van der Waals surface area contributed by atoms with Crippen LogP contribution in [0.2, 0.25) is 0 Å². The monoisotopic (exact) mass is 324 g/mol. The van der Waals surface area contributed by atoms with Crippen molar-refractivity contribution < 1.29 is 8.42 Å². The number of thiophene rings is 1. The zero-order valence-corrected chi connectivity index (χ0v) is 13.9. The lowest BCUT2D eigenvalue weighted by molar-refractivity contribution is 0.576. The summed E-state index contributed by atoms with van der Waals surface area (Å²) < 4.78 is 26.7. The summed E-state index contributed by atoms with van der Waals surface area (Å²) in [5, 5.41) is 5.31. The van der Waals surface area contributed by atoms with Crippen molar-refractivity contribution in [3.05, 3.63) is 51.7 Å². The van der Waals surface area contributed by atoms with E-state index < -0.39 is 10.0 Å². The summed E-state index contributed by atoms with van der Waals surface area (Å²) in [4.78, 5) is 1.60. The molecule has 1 heterocycles. The van der Waals surface area contributed by atoms with Gasteiger partial charge in [-0.1, -0.05) is 17.7 Å². The molecule has 0 atom stereocenters. The van der Waals surface area contributed by atoms with Crippen LogP contribution in [-0.4, -0.2) is 21.5 Å². The van der Waals surface area contributed by atoms with Crippen molar-refractivity contribution in [1.29, 1.82) is 0 Å². The molecule has 21 heavy (non-hydrogen) atoms. The topological polar surface area (TPSA) is 58.2 Å². The van der Waals surface area contributed by atoms with Crippen LogP contribution in [-0.2, 0) is 16.6 Å². The molecule has 114 valence electrons. The molecule has 1 aromatic carbocycles. The number of sulfonamides is 1. The summed E-state index contributed by atoms with van der Waals surface area (Å²) in [7, 11) is -3.41. The zero-order valence-electron chi connectivity index (χ0n) is 12.2. The molecule has 2 rings (SSSR count). The van der Waals surface area contributed by atoms with E-state index >= 15 is 0 Å². The van der Waals surface area contributed by atoms with Gasteiger partial charge in [0.1, 0.15) is 0 Å². The third-order valence-electron chi connectivity index (χ3n) is 3.18. The van der Waals surface area contributed by atoms with Gasteiger partial charge in [0, 0.05) is 24.5 Å². The molecular weight excluding hydrogens is 304 g/mol. The number of hydrogen-bond acceptors (Lipinski definition) is 4. The van der Waals surface area contributed by atoms with Gasteiger partial charge in [-0.2, -0.15) is 0 Å². The Morgan fingerprint density at radius 3 is 2.38 bits per heavy atom. The molecule has 0 aliphatic carbocycles. The molecule has 0 aliphatic rings. The Hall–Kier alpha value is -1.21. The second kappa shape index (κ2) is 7.17. The van der Waals surface area contributed by atoms with Gasteiger partial charge in [-0.3, -0.25) is 0 Å². The van der Waals surface area contributed by atoms with E-state index in [0.717, 1.165) is 12.1 Å². The standard InChI is InChI=1S/C15H20N2O2S2/c1-12-3-5-14(6-4-12)21(18,19)17-9-8-16-11-15-13(2)7-10-20-15/h3-7,10,16-17H,8-9,11H2,1-2H3. The third-order valence-corrected chi connectivity index (χ3v) is 5.68. The van der Waals surface area contributed by atoms with Crippen LogP contribution in [0.15, 0.2) is 40.6 Å². The quantitative estimate of drug-likeness (QED) is 0.769. The van der Waals surface area contributed by atoms with E-state index in [9.17, 15) is 8.42 Å². The Morgan fingerprint density at radius 2 is 1.76 bits per heavy atom. The van der Waals surface area contributed by atoms with Crippen LogP contribution in [0, 0.1) is 13.8 Å². The summed E-state index contributed by atoms with van der Waals surface area (Å²) in [6.07, 6.45) is 0. The van der Waals surface area contributed by atoms with E-state index in [4.69, 9.17) is 0 Å². The Labute approximate surface area is 130 Å².